The molecule has 1 amide bonds. The first kappa shape index (κ1) is 20.9. The summed E-state index contributed by atoms with van der Waals surface area (Å²) in [4.78, 5) is 19.3. The second-order valence-electron chi connectivity index (χ2n) is 7.74. The number of fused-ring (bicyclic) bond motifs is 1. The summed E-state index contributed by atoms with van der Waals surface area (Å²) < 4.78 is 11.5. The molecule has 0 N–H and O–H groups in total. The number of ether oxygens (including phenoxy) is 2. The van der Waals surface area contributed by atoms with Crippen molar-refractivity contribution in [2.45, 2.75) is 32.2 Å². The van der Waals surface area contributed by atoms with Crippen LogP contribution in [0.15, 0.2) is 73.1 Å². The van der Waals surface area contributed by atoms with Gasteiger partial charge >= 0.3 is 0 Å². The maximum absolute atomic E-state index is 13.1. The van der Waals surface area contributed by atoms with E-state index in [0.717, 1.165) is 35.5 Å². The van der Waals surface area contributed by atoms with Gasteiger partial charge in [-0.1, -0.05) is 42.5 Å². The summed E-state index contributed by atoms with van der Waals surface area (Å²) in [5.41, 5.74) is 3.36. The fourth-order valence-corrected chi connectivity index (χ4v) is 3.69. The number of benzene rings is 2. The van der Waals surface area contributed by atoms with Crippen molar-refractivity contribution in [2.24, 2.45) is 0 Å². The third-order valence-corrected chi connectivity index (χ3v) is 5.40. The molecule has 0 atom stereocenters. The van der Waals surface area contributed by atoms with Gasteiger partial charge in [0.15, 0.2) is 11.5 Å². The quantitative estimate of drug-likeness (QED) is 0.545. The summed E-state index contributed by atoms with van der Waals surface area (Å²) in [6.07, 6.45) is 6.42. The molecule has 0 saturated carbocycles. The number of hydrogen-bond acceptors (Lipinski definition) is 4. The first-order valence-electron chi connectivity index (χ1n) is 10.9. The Balaban J connectivity index is 1.40. The molecule has 0 aliphatic carbocycles. The van der Waals surface area contributed by atoms with Crippen molar-refractivity contribution in [1.82, 2.24) is 9.88 Å². The topological polar surface area (TPSA) is 51.7 Å². The maximum Gasteiger partial charge on any atom is 0.223 e. The fraction of sp³-hybridized carbons (Fsp3) is 0.308. The Bertz CT molecular complexity index is 976. The molecule has 4 rings (SSSR count). The highest BCUT2D eigenvalue weighted by Crippen LogP contribution is 2.30. The number of amides is 1. The minimum Gasteiger partial charge on any atom is -0.490 e. The number of hydrogen-bond donors (Lipinski definition) is 0. The summed E-state index contributed by atoms with van der Waals surface area (Å²) >= 11 is 0. The normalized spacial score (nSPS) is 12.8. The smallest absolute Gasteiger partial charge is 0.223 e. The Morgan fingerprint density at radius 3 is 2.48 bits per heavy atom. The van der Waals surface area contributed by atoms with Crippen LogP contribution in [0.1, 0.15) is 29.5 Å². The van der Waals surface area contributed by atoms with Crippen LogP contribution in [0, 0.1) is 0 Å². The molecular formula is C26H28N2O3. The molecule has 0 spiro atoms. The number of nitrogens with zero attached hydrogens (tertiary/aromatic N) is 2. The van der Waals surface area contributed by atoms with Crippen LogP contribution in [-0.4, -0.2) is 35.5 Å². The molecule has 1 aromatic heterocycles. The second kappa shape index (κ2) is 10.6. The van der Waals surface area contributed by atoms with E-state index in [0.29, 0.717) is 39.1 Å². The van der Waals surface area contributed by atoms with Crippen LogP contribution < -0.4 is 9.47 Å². The van der Waals surface area contributed by atoms with Gasteiger partial charge in [-0.15, -0.1) is 0 Å². The minimum atomic E-state index is 0.145. The van der Waals surface area contributed by atoms with Gasteiger partial charge < -0.3 is 14.4 Å². The number of rotatable bonds is 8. The predicted molar refractivity (Wildman–Crippen MR) is 120 cm³/mol. The van der Waals surface area contributed by atoms with E-state index in [-0.39, 0.29) is 5.91 Å². The lowest BCUT2D eigenvalue weighted by Gasteiger charge is -2.23. The Kier molecular flexibility index (Phi) is 7.16. The zero-order chi connectivity index (χ0) is 21.3. The van der Waals surface area contributed by atoms with Gasteiger partial charge in [0.25, 0.3) is 0 Å². The first-order valence-corrected chi connectivity index (χ1v) is 10.9. The lowest BCUT2D eigenvalue weighted by molar-refractivity contribution is -0.131. The van der Waals surface area contributed by atoms with Gasteiger partial charge in [0, 0.05) is 38.3 Å². The van der Waals surface area contributed by atoms with Crippen LogP contribution in [0.25, 0.3) is 0 Å². The van der Waals surface area contributed by atoms with Crippen molar-refractivity contribution >= 4 is 5.91 Å². The van der Waals surface area contributed by atoms with Crippen LogP contribution in [0.2, 0.25) is 0 Å². The summed E-state index contributed by atoms with van der Waals surface area (Å²) in [6, 6.07) is 20.2. The summed E-state index contributed by atoms with van der Waals surface area (Å²) in [5.74, 6) is 1.71. The van der Waals surface area contributed by atoms with Crippen molar-refractivity contribution in [2.75, 3.05) is 19.8 Å². The average Bonchev–Trinajstić information content (AvgIpc) is 3.06. The highest BCUT2D eigenvalue weighted by Gasteiger charge is 2.16. The van der Waals surface area contributed by atoms with Gasteiger partial charge in [0.2, 0.25) is 5.91 Å². The lowest BCUT2D eigenvalue weighted by atomic mass is 10.1. The average molecular weight is 417 g/mol. The Morgan fingerprint density at radius 2 is 1.68 bits per heavy atom. The van der Waals surface area contributed by atoms with Crippen LogP contribution in [0.3, 0.4) is 0 Å². The molecule has 1 aliphatic rings. The van der Waals surface area contributed by atoms with Crippen LogP contribution in [-0.2, 0) is 24.2 Å². The van der Waals surface area contributed by atoms with E-state index in [4.69, 9.17) is 9.47 Å². The standard InChI is InChI=1S/C26H28N2O3/c29-26(12-10-22-9-11-24-25(18-22)31-17-5-16-30-24)28(20-23-8-4-14-27-19-23)15-13-21-6-2-1-3-7-21/h1-4,6-9,11,14,18-19H,5,10,12-13,15-17,20H2. The van der Waals surface area contributed by atoms with Gasteiger partial charge in [0.05, 0.1) is 13.2 Å². The Morgan fingerprint density at radius 1 is 0.871 bits per heavy atom. The number of aryl methyl sites for hydroxylation is 1. The van der Waals surface area contributed by atoms with Gasteiger partial charge in [-0.05, 0) is 47.7 Å². The molecule has 5 heteroatoms. The van der Waals surface area contributed by atoms with E-state index in [1.54, 1.807) is 6.20 Å². The SMILES string of the molecule is O=C(CCc1ccc2c(c1)OCCCO2)N(CCc1ccccc1)Cc1cccnc1. The molecule has 0 unspecified atom stereocenters. The Hall–Kier alpha value is -3.34. The third-order valence-electron chi connectivity index (χ3n) is 5.40. The predicted octanol–water partition coefficient (Wildman–Crippen LogP) is 4.45. The van der Waals surface area contributed by atoms with Gasteiger partial charge in [0.1, 0.15) is 0 Å². The number of carbonyl (C=O) groups is 1. The van der Waals surface area contributed by atoms with Gasteiger partial charge in [-0.2, -0.15) is 0 Å². The molecule has 2 heterocycles. The summed E-state index contributed by atoms with van der Waals surface area (Å²) in [6.45, 7) is 2.59. The molecule has 0 bridgehead atoms. The molecule has 31 heavy (non-hydrogen) atoms. The molecule has 2 aromatic carbocycles. The van der Waals surface area contributed by atoms with E-state index >= 15 is 0 Å². The van der Waals surface area contributed by atoms with Crippen LogP contribution in [0.4, 0.5) is 0 Å². The van der Waals surface area contributed by atoms with Crippen molar-refractivity contribution < 1.29 is 14.3 Å². The first-order chi connectivity index (χ1) is 15.3. The van der Waals surface area contributed by atoms with Gasteiger partial charge in [-0.3, -0.25) is 9.78 Å². The van der Waals surface area contributed by atoms with Crippen LogP contribution in [0.5, 0.6) is 11.5 Å². The van der Waals surface area contributed by atoms with Crippen molar-refractivity contribution in [3.8, 4) is 11.5 Å². The largest absolute Gasteiger partial charge is 0.490 e. The minimum absolute atomic E-state index is 0.145. The fourth-order valence-electron chi connectivity index (χ4n) is 3.69. The van der Waals surface area contributed by atoms with E-state index < -0.39 is 0 Å². The zero-order valence-corrected chi connectivity index (χ0v) is 17.7. The molecule has 0 saturated heterocycles. The van der Waals surface area contributed by atoms with Gasteiger partial charge in [-0.25, -0.2) is 0 Å². The van der Waals surface area contributed by atoms with E-state index in [2.05, 4.69) is 17.1 Å². The number of aromatic nitrogens is 1. The van der Waals surface area contributed by atoms with E-state index in [1.807, 2.05) is 59.6 Å². The monoisotopic (exact) mass is 416 g/mol. The van der Waals surface area contributed by atoms with Crippen molar-refractivity contribution in [1.29, 1.82) is 0 Å². The second-order valence-corrected chi connectivity index (χ2v) is 7.74. The molecular weight excluding hydrogens is 388 g/mol. The van der Waals surface area contributed by atoms with Crippen molar-refractivity contribution in [3.63, 3.8) is 0 Å². The van der Waals surface area contributed by atoms with Crippen LogP contribution >= 0.6 is 0 Å². The lowest BCUT2D eigenvalue weighted by Crippen LogP contribution is -2.32. The maximum atomic E-state index is 13.1. The molecule has 5 nitrogen and oxygen atoms in total. The molecule has 3 aromatic rings. The molecule has 0 radical (unpaired) electrons. The number of pyridine rings is 1. The molecule has 160 valence electrons. The summed E-state index contributed by atoms with van der Waals surface area (Å²) in [5, 5.41) is 0. The highest BCUT2D eigenvalue weighted by molar-refractivity contribution is 5.76. The molecule has 1 aliphatic heterocycles. The molecule has 0 fully saturated rings. The van der Waals surface area contributed by atoms with E-state index in [9.17, 15) is 4.79 Å². The van der Waals surface area contributed by atoms with Crippen molar-refractivity contribution in [3.05, 3.63) is 89.7 Å². The highest BCUT2D eigenvalue weighted by atomic mass is 16.5. The Labute approximate surface area is 183 Å². The summed E-state index contributed by atoms with van der Waals surface area (Å²) in [7, 11) is 0. The van der Waals surface area contributed by atoms with E-state index in [1.165, 1.54) is 5.56 Å². The third kappa shape index (κ3) is 6.07. The number of carbonyl (C=O) groups excluding carboxylic acids is 1. The zero-order valence-electron chi connectivity index (χ0n) is 17.7.